The molecule has 1 aliphatic rings. The van der Waals surface area contributed by atoms with Crippen molar-refractivity contribution < 1.29 is 58.2 Å². The second-order valence-corrected chi connectivity index (χ2v) is 15.5. The highest BCUT2D eigenvalue weighted by atomic mass is 32.1. The number of carboxylic acids is 2. The van der Waals surface area contributed by atoms with E-state index in [1.807, 2.05) is 5.32 Å². The summed E-state index contributed by atoms with van der Waals surface area (Å²) >= 11 is 3.90. The molecule has 0 saturated carbocycles. The maximum Gasteiger partial charge on any atom is 0.327 e. The Bertz CT molecular complexity index is 1820. The summed E-state index contributed by atoms with van der Waals surface area (Å²) in [6.07, 6.45) is 0.346. The average Bonchev–Trinajstić information content (AvgIpc) is 3.25. The number of nitrogens with one attached hydrogen (secondary N) is 10. The molecule has 0 radical (unpaired) electrons. The van der Waals surface area contributed by atoms with E-state index in [-0.39, 0.29) is 76.3 Å². The third-order valence-corrected chi connectivity index (χ3v) is 10.2. The fourth-order valence-corrected chi connectivity index (χ4v) is 6.63. The molecule has 1 aliphatic heterocycles. The van der Waals surface area contributed by atoms with Gasteiger partial charge in [0.15, 0.2) is 5.96 Å². The van der Waals surface area contributed by atoms with Crippen molar-refractivity contribution in [3.05, 3.63) is 35.9 Å². The number of imide groups is 1. The van der Waals surface area contributed by atoms with Crippen LogP contribution in [-0.2, 0) is 49.6 Å². The second kappa shape index (κ2) is 29.8. The summed E-state index contributed by atoms with van der Waals surface area (Å²) in [6.45, 7) is 0.501. The number of carboxylic acid groups (broad SMARTS) is 2. The molecule has 2 rings (SSSR count). The van der Waals surface area contributed by atoms with Crippen molar-refractivity contribution in [1.29, 1.82) is 5.41 Å². The number of unbranched alkanes of at least 4 members (excludes halogenated alkanes) is 3. The highest BCUT2D eigenvalue weighted by Gasteiger charge is 2.34. The van der Waals surface area contributed by atoms with Crippen LogP contribution in [0.5, 0.6) is 0 Å². The van der Waals surface area contributed by atoms with E-state index in [2.05, 4.69) is 55.2 Å². The smallest absolute Gasteiger partial charge is 0.327 e. The number of thiol groups is 1. The van der Waals surface area contributed by atoms with Crippen molar-refractivity contribution in [2.75, 3.05) is 25.4 Å². The number of guanidine groups is 1. The first-order chi connectivity index (χ1) is 30.9. The van der Waals surface area contributed by atoms with Crippen LogP contribution in [0.1, 0.15) is 82.6 Å². The maximum atomic E-state index is 14.1. The minimum absolute atomic E-state index is 0.0124. The van der Waals surface area contributed by atoms with Crippen LogP contribution in [-0.4, -0.2) is 137 Å². The standard InChI is InChI=1S/C40H62N12O12S/c41-17-7-6-12-24-33(57)50-27(20-23-10-3-1-4-11-23)36(60)48-25(13-9-19-45-39(42)43)35(59)52-40(64)51-28(21-32(55)56)37(61)49-26(34(58)47-24)15-16-30(53)44-18-8-2-5-14-31(54)46-29(22-65)38(62)63/h1,3-4,10-11,24-29,65H,2,5-9,12-22,41H2,(H,44,53)(H,46,54)(H,47,58)(H,48,60)(H,49,61)(H,50,57)(H,55,56)(H,62,63)(H4,42,43,45)(H2,51,52,59,64). The quantitative estimate of drug-likeness (QED) is 0.0216. The van der Waals surface area contributed by atoms with Gasteiger partial charge in [-0.25, -0.2) is 9.59 Å². The number of amides is 9. The van der Waals surface area contributed by atoms with Gasteiger partial charge in [0.1, 0.15) is 36.3 Å². The van der Waals surface area contributed by atoms with Gasteiger partial charge in [0.25, 0.3) is 5.91 Å². The van der Waals surface area contributed by atoms with E-state index in [4.69, 9.17) is 22.0 Å². The Hall–Kier alpha value is -6.50. The molecule has 24 nitrogen and oxygen atoms in total. The highest BCUT2D eigenvalue weighted by Crippen LogP contribution is 2.10. The van der Waals surface area contributed by atoms with Crippen LogP contribution in [0.15, 0.2) is 30.3 Å². The summed E-state index contributed by atoms with van der Waals surface area (Å²) in [5, 5.41) is 48.0. The van der Waals surface area contributed by atoms with Crippen molar-refractivity contribution >= 4 is 77.9 Å². The van der Waals surface area contributed by atoms with Crippen molar-refractivity contribution in [2.45, 2.75) is 120 Å². The Balaban J connectivity index is 2.40. The zero-order chi connectivity index (χ0) is 48.3. The molecule has 1 heterocycles. The van der Waals surface area contributed by atoms with Crippen LogP contribution >= 0.6 is 12.6 Å². The van der Waals surface area contributed by atoms with Crippen molar-refractivity contribution in [3.8, 4) is 0 Å². The average molecular weight is 935 g/mol. The molecule has 9 amide bonds. The van der Waals surface area contributed by atoms with Gasteiger partial charge in [-0.1, -0.05) is 36.8 Å². The summed E-state index contributed by atoms with van der Waals surface area (Å²) in [7, 11) is 0. The molecular formula is C40H62N12O12S. The fourth-order valence-electron chi connectivity index (χ4n) is 6.38. The van der Waals surface area contributed by atoms with Gasteiger partial charge in [-0.15, -0.1) is 0 Å². The van der Waals surface area contributed by atoms with E-state index in [0.29, 0.717) is 37.7 Å². The number of aliphatic carboxylic acids is 2. The van der Waals surface area contributed by atoms with E-state index in [0.717, 1.165) is 0 Å². The van der Waals surface area contributed by atoms with Crippen LogP contribution in [0, 0.1) is 5.41 Å². The van der Waals surface area contributed by atoms with Gasteiger partial charge in [-0.05, 0) is 63.5 Å². The molecule has 25 heteroatoms. The molecular weight excluding hydrogens is 873 g/mol. The Morgan fingerprint density at radius 1 is 0.662 bits per heavy atom. The van der Waals surface area contributed by atoms with Gasteiger partial charge in [0.2, 0.25) is 35.4 Å². The van der Waals surface area contributed by atoms with E-state index < -0.39 is 102 Å². The van der Waals surface area contributed by atoms with Crippen molar-refractivity contribution in [1.82, 2.24) is 47.9 Å². The molecule has 1 aromatic carbocycles. The van der Waals surface area contributed by atoms with E-state index in [9.17, 15) is 53.1 Å². The number of rotatable bonds is 24. The molecule has 1 saturated heterocycles. The molecule has 16 N–H and O–H groups in total. The Labute approximate surface area is 381 Å². The Kier molecular flexibility index (Phi) is 25.0. The number of carbonyl (C=O) groups excluding carboxylic acids is 8. The lowest BCUT2D eigenvalue weighted by molar-refractivity contribution is -0.141. The Morgan fingerprint density at radius 2 is 1.23 bits per heavy atom. The first-order valence-electron chi connectivity index (χ1n) is 21.2. The molecule has 6 atom stereocenters. The summed E-state index contributed by atoms with van der Waals surface area (Å²) < 4.78 is 0. The number of nitrogens with two attached hydrogens (primary N) is 2. The third kappa shape index (κ3) is 22.1. The van der Waals surface area contributed by atoms with E-state index in [1.54, 1.807) is 30.3 Å². The third-order valence-electron chi connectivity index (χ3n) is 9.86. The predicted molar refractivity (Wildman–Crippen MR) is 237 cm³/mol. The zero-order valence-corrected chi connectivity index (χ0v) is 36.8. The second-order valence-electron chi connectivity index (χ2n) is 15.2. The molecule has 360 valence electrons. The van der Waals surface area contributed by atoms with Crippen LogP contribution in [0.2, 0.25) is 0 Å². The van der Waals surface area contributed by atoms with E-state index >= 15 is 0 Å². The Morgan fingerprint density at radius 3 is 1.83 bits per heavy atom. The number of hydrogen-bond donors (Lipinski definition) is 15. The molecule has 1 fully saturated rings. The van der Waals surface area contributed by atoms with Crippen LogP contribution < -0.4 is 59.3 Å². The minimum atomic E-state index is -1.87. The lowest BCUT2D eigenvalue weighted by Crippen LogP contribution is -2.59. The SMILES string of the molecule is N=C(N)NCCCC1NC(=O)C(Cc2ccccc2)NC(=O)C(CCCCN)NC(=O)C(CCC(=O)NCCCCCC(=O)NC(CS)C(=O)O)NC(=O)C(CC(=O)O)NC(=O)NC1=O. The molecule has 6 unspecified atom stereocenters. The number of carbonyl (C=O) groups is 10. The summed E-state index contributed by atoms with van der Waals surface area (Å²) in [6, 6.07) is -1.43. The number of hydrogen-bond acceptors (Lipinski definition) is 13. The normalized spacial score (nSPS) is 20.2. The van der Waals surface area contributed by atoms with Gasteiger partial charge in [-0.3, -0.25) is 49.1 Å². The lowest BCUT2D eigenvalue weighted by Gasteiger charge is -2.26. The molecule has 65 heavy (non-hydrogen) atoms. The molecule has 1 aromatic rings. The molecule has 0 bridgehead atoms. The summed E-state index contributed by atoms with van der Waals surface area (Å²) in [4.78, 5) is 130. The topological polar surface area (TPSA) is 395 Å². The maximum absolute atomic E-state index is 14.1. The van der Waals surface area contributed by atoms with Gasteiger partial charge >= 0.3 is 18.0 Å². The zero-order valence-electron chi connectivity index (χ0n) is 36.0. The molecule has 0 aromatic heterocycles. The van der Waals surface area contributed by atoms with Crippen LogP contribution in [0.4, 0.5) is 4.79 Å². The number of urea groups is 1. The molecule has 0 spiro atoms. The molecule has 0 aliphatic carbocycles. The fraction of sp³-hybridized carbons (Fsp3) is 0.575. The first kappa shape index (κ1) is 54.6. The largest absolute Gasteiger partial charge is 0.481 e. The monoisotopic (exact) mass is 934 g/mol. The van der Waals surface area contributed by atoms with Crippen LogP contribution in [0.25, 0.3) is 0 Å². The van der Waals surface area contributed by atoms with Gasteiger partial charge in [-0.2, -0.15) is 12.6 Å². The highest BCUT2D eigenvalue weighted by molar-refractivity contribution is 7.80. The van der Waals surface area contributed by atoms with Crippen molar-refractivity contribution in [3.63, 3.8) is 0 Å². The van der Waals surface area contributed by atoms with Gasteiger partial charge in [0, 0.05) is 38.1 Å². The summed E-state index contributed by atoms with van der Waals surface area (Å²) in [5.41, 5.74) is 11.7. The van der Waals surface area contributed by atoms with Gasteiger partial charge < -0.3 is 64.2 Å². The predicted octanol–water partition coefficient (Wildman–Crippen LogP) is -2.80. The number of benzene rings is 1. The van der Waals surface area contributed by atoms with Gasteiger partial charge in [0.05, 0.1) is 6.42 Å². The van der Waals surface area contributed by atoms with E-state index in [1.165, 1.54) is 0 Å². The summed E-state index contributed by atoms with van der Waals surface area (Å²) in [5.74, 6) is -9.07. The van der Waals surface area contributed by atoms with Crippen molar-refractivity contribution in [2.24, 2.45) is 11.5 Å². The lowest BCUT2D eigenvalue weighted by atomic mass is 10.0. The van der Waals surface area contributed by atoms with Crippen LogP contribution in [0.3, 0.4) is 0 Å². The first-order valence-corrected chi connectivity index (χ1v) is 21.8. The minimum Gasteiger partial charge on any atom is -0.481 e.